The van der Waals surface area contributed by atoms with Crippen LogP contribution in [0.1, 0.15) is 6.42 Å². The number of hydrogen-bond donors (Lipinski definition) is 2. The molecule has 1 fully saturated rings. The molecule has 136 valence electrons. The number of aliphatic hydroxyl groups is 1. The molecule has 1 heterocycles. The molecule has 1 saturated heterocycles. The molecular formula is C20H28N2O3. The van der Waals surface area contributed by atoms with E-state index in [2.05, 4.69) is 22.3 Å². The quantitative estimate of drug-likeness (QED) is 0.681. The molecule has 0 saturated carbocycles. The first-order valence-corrected chi connectivity index (χ1v) is 9.12. The molecule has 5 heteroatoms. The van der Waals surface area contributed by atoms with Gasteiger partial charge in [0.05, 0.1) is 13.2 Å². The van der Waals surface area contributed by atoms with E-state index in [0.717, 1.165) is 62.3 Å². The summed E-state index contributed by atoms with van der Waals surface area (Å²) in [6.45, 7) is 6.58. The Morgan fingerprint density at radius 1 is 1.12 bits per heavy atom. The highest BCUT2D eigenvalue weighted by Crippen LogP contribution is 2.25. The van der Waals surface area contributed by atoms with Gasteiger partial charge in [0.1, 0.15) is 18.5 Å². The van der Waals surface area contributed by atoms with Crippen molar-refractivity contribution < 1.29 is 14.6 Å². The van der Waals surface area contributed by atoms with Crippen LogP contribution in [0, 0.1) is 0 Å². The van der Waals surface area contributed by atoms with Crippen molar-refractivity contribution >= 4 is 10.8 Å². The zero-order chi connectivity index (χ0) is 17.3. The second kappa shape index (κ2) is 9.73. The average molecular weight is 344 g/mol. The Labute approximate surface area is 149 Å². The third kappa shape index (κ3) is 5.68. The maximum absolute atomic E-state index is 10.1. The van der Waals surface area contributed by atoms with Gasteiger partial charge in [-0.2, -0.15) is 0 Å². The zero-order valence-corrected chi connectivity index (χ0v) is 14.7. The SMILES string of the molecule is O[C@@H](CNCCCN1CCOCC1)COc1cccc2ccccc12. The Hall–Kier alpha value is -1.66. The molecule has 0 spiro atoms. The lowest BCUT2D eigenvalue weighted by Gasteiger charge is -2.26. The molecule has 0 radical (unpaired) electrons. The maximum atomic E-state index is 10.1. The van der Waals surface area contributed by atoms with Gasteiger partial charge in [0.15, 0.2) is 0 Å². The molecule has 1 aliphatic rings. The molecule has 0 aliphatic carbocycles. The van der Waals surface area contributed by atoms with E-state index in [1.165, 1.54) is 0 Å². The normalized spacial score (nSPS) is 16.8. The van der Waals surface area contributed by atoms with Crippen LogP contribution in [0.15, 0.2) is 42.5 Å². The second-order valence-electron chi connectivity index (χ2n) is 6.45. The van der Waals surface area contributed by atoms with Crippen LogP contribution in [0.4, 0.5) is 0 Å². The first-order chi connectivity index (χ1) is 12.3. The lowest BCUT2D eigenvalue weighted by Crippen LogP contribution is -2.38. The minimum Gasteiger partial charge on any atom is -0.490 e. The van der Waals surface area contributed by atoms with Crippen LogP contribution in [-0.2, 0) is 4.74 Å². The van der Waals surface area contributed by atoms with Gasteiger partial charge >= 0.3 is 0 Å². The molecule has 2 aromatic rings. The van der Waals surface area contributed by atoms with E-state index in [9.17, 15) is 5.11 Å². The van der Waals surface area contributed by atoms with Gasteiger partial charge in [0.25, 0.3) is 0 Å². The highest BCUT2D eigenvalue weighted by atomic mass is 16.5. The summed E-state index contributed by atoms with van der Waals surface area (Å²) < 4.78 is 11.2. The van der Waals surface area contributed by atoms with Crippen LogP contribution in [0.5, 0.6) is 5.75 Å². The third-order valence-corrected chi connectivity index (χ3v) is 4.49. The average Bonchev–Trinajstić information content (AvgIpc) is 2.67. The van der Waals surface area contributed by atoms with Crippen LogP contribution in [0.25, 0.3) is 10.8 Å². The number of morpholine rings is 1. The van der Waals surface area contributed by atoms with E-state index >= 15 is 0 Å². The fraction of sp³-hybridized carbons (Fsp3) is 0.500. The minimum atomic E-state index is -0.512. The largest absolute Gasteiger partial charge is 0.490 e. The van der Waals surface area contributed by atoms with Gasteiger partial charge in [-0.1, -0.05) is 36.4 Å². The molecule has 0 amide bonds. The van der Waals surface area contributed by atoms with E-state index < -0.39 is 6.10 Å². The summed E-state index contributed by atoms with van der Waals surface area (Å²) in [4.78, 5) is 2.42. The maximum Gasteiger partial charge on any atom is 0.127 e. The van der Waals surface area contributed by atoms with E-state index in [-0.39, 0.29) is 0 Å². The van der Waals surface area contributed by atoms with Crippen molar-refractivity contribution in [2.24, 2.45) is 0 Å². The van der Waals surface area contributed by atoms with Gasteiger partial charge in [0.2, 0.25) is 0 Å². The second-order valence-corrected chi connectivity index (χ2v) is 6.45. The highest BCUT2D eigenvalue weighted by Gasteiger charge is 2.10. The molecular weight excluding hydrogens is 316 g/mol. The number of rotatable bonds is 9. The standard InChI is InChI=1S/C20H28N2O3/c23-18(15-21-9-4-10-22-11-13-24-14-12-22)16-25-20-8-3-6-17-5-1-2-7-19(17)20/h1-3,5-8,18,21,23H,4,9-16H2/t18-/m0/s1. The lowest BCUT2D eigenvalue weighted by atomic mass is 10.1. The molecule has 25 heavy (non-hydrogen) atoms. The summed E-state index contributed by atoms with van der Waals surface area (Å²) in [6.07, 6.45) is 0.569. The van der Waals surface area contributed by atoms with Gasteiger partial charge in [-0.05, 0) is 31.0 Å². The molecule has 1 aliphatic heterocycles. The van der Waals surface area contributed by atoms with Gasteiger partial charge < -0.3 is 19.9 Å². The van der Waals surface area contributed by atoms with E-state index in [0.29, 0.717) is 13.2 Å². The molecule has 5 nitrogen and oxygen atoms in total. The number of benzene rings is 2. The van der Waals surface area contributed by atoms with E-state index in [1.54, 1.807) is 0 Å². The monoisotopic (exact) mass is 344 g/mol. The zero-order valence-electron chi connectivity index (χ0n) is 14.7. The van der Waals surface area contributed by atoms with Crippen molar-refractivity contribution in [3.8, 4) is 5.75 Å². The summed E-state index contributed by atoms with van der Waals surface area (Å²) in [5, 5.41) is 15.7. The molecule has 3 rings (SSSR count). The molecule has 2 aromatic carbocycles. The summed E-state index contributed by atoms with van der Waals surface area (Å²) in [7, 11) is 0. The van der Waals surface area contributed by atoms with Crippen LogP contribution in [0.2, 0.25) is 0 Å². The summed E-state index contributed by atoms with van der Waals surface area (Å²) >= 11 is 0. The van der Waals surface area contributed by atoms with Crippen molar-refractivity contribution in [2.75, 3.05) is 52.5 Å². The molecule has 2 N–H and O–H groups in total. The van der Waals surface area contributed by atoms with Crippen molar-refractivity contribution in [3.63, 3.8) is 0 Å². The van der Waals surface area contributed by atoms with E-state index in [4.69, 9.17) is 9.47 Å². The van der Waals surface area contributed by atoms with Gasteiger partial charge in [-0.25, -0.2) is 0 Å². The number of aliphatic hydroxyl groups excluding tert-OH is 1. The number of ether oxygens (including phenoxy) is 2. The Bertz CT molecular complexity index is 638. The molecule has 0 unspecified atom stereocenters. The number of hydrogen-bond acceptors (Lipinski definition) is 5. The van der Waals surface area contributed by atoms with Crippen LogP contribution >= 0.6 is 0 Å². The van der Waals surface area contributed by atoms with Crippen molar-refractivity contribution in [3.05, 3.63) is 42.5 Å². The Morgan fingerprint density at radius 3 is 2.80 bits per heavy atom. The van der Waals surface area contributed by atoms with Crippen molar-refractivity contribution in [1.29, 1.82) is 0 Å². The fourth-order valence-electron chi connectivity index (χ4n) is 3.09. The fourth-order valence-corrected chi connectivity index (χ4v) is 3.09. The van der Waals surface area contributed by atoms with E-state index in [1.807, 2.05) is 30.3 Å². The van der Waals surface area contributed by atoms with Crippen molar-refractivity contribution in [1.82, 2.24) is 10.2 Å². The van der Waals surface area contributed by atoms with Crippen LogP contribution in [0.3, 0.4) is 0 Å². The first kappa shape index (κ1) is 18.1. The molecule has 0 bridgehead atoms. The molecule has 0 aromatic heterocycles. The summed E-state index contributed by atoms with van der Waals surface area (Å²) in [5.41, 5.74) is 0. The van der Waals surface area contributed by atoms with Gasteiger partial charge in [-0.3, -0.25) is 4.90 Å². The number of nitrogens with zero attached hydrogens (tertiary/aromatic N) is 1. The topological polar surface area (TPSA) is 54.0 Å². The Balaban J connectivity index is 1.33. The molecule has 1 atom stereocenters. The Kier molecular flexibility index (Phi) is 7.06. The number of fused-ring (bicyclic) bond motifs is 1. The summed E-state index contributed by atoms with van der Waals surface area (Å²) in [5.74, 6) is 0.824. The predicted molar refractivity (Wildman–Crippen MR) is 100 cm³/mol. The van der Waals surface area contributed by atoms with Crippen molar-refractivity contribution in [2.45, 2.75) is 12.5 Å². The third-order valence-electron chi connectivity index (χ3n) is 4.49. The van der Waals surface area contributed by atoms with Gasteiger partial charge in [0, 0.05) is 25.0 Å². The highest BCUT2D eigenvalue weighted by molar-refractivity contribution is 5.88. The van der Waals surface area contributed by atoms with Crippen LogP contribution < -0.4 is 10.1 Å². The summed E-state index contributed by atoms with van der Waals surface area (Å²) in [6, 6.07) is 14.1. The number of nitrogens with one attached hydrogen (secondary N) is 1. The smallest absolute Gasteiger partial charge is 0.127 e. The lowest BCUT2D eigenvalue weighted by molar-refractivity contribution is 0.0373. The predicted octanol–water partition coefficient (Wildman–Crippen LogP) is 1.89. The van der Waals surface area contributed by atoms with Gasteiger partial charge in [-0.15, -0.1) is 0 Å². The minimum absolute atomic E-state index is 0.296. The first-order valence-electron chi connectivity index (χ1n) is 9.12. The Morgan fingerprint density at radius 2 is 1.92 bits per heavy atom. The van der Waals surface area contributed by atoms with Crippen LogP contribution in [-0.4, -0.2) is 68.7 Å².